The number of halogens is 4. The van der Waals surface area contributed by atoms with Crippen molar-refractivity contribution < 1.29 is 42.0 Å². The van der Waals surface area contributed by atoms with E-state index in [1.807, 2.05) is 0 Å². The van der Waals surface area contributed by atoms with E-state index in [1.54, 1.807) is 12.1 Å². The number of fused-ring (bicyclic) bond motifs is 1. The number of hydrogen-bond acceptors (Lipinski definition) is 5. The SMILES string of the molecule is COc1ccc(Oc2ccc3c(c2)C=C(OC(=O)O)C(C(F)(F)F)O3)cc1Cl. The fraction of sp³-hybridized carbons (Fsp3) is 0.167. The van der Waals surface area contributed by atoms with Gasteiger partial charge in [-0.2, -0.15) is 13.2 Å². The molecule has 0 aliphatic carbocycles. The van der Waals surface area contributed by atoms with Crippen LogP contribution >= 0.6 is 11.6 Å². The van der Waals surface area contributed by atoms with E-state index in [4.69, 9.17) is 30.9 Å². The Balaban J connectivity index is 1.91. The number of benzene rings is 2. The molecule has 1 unspecified atom stereocenters. The lowest BCUT2D eigenvalue weighted by Gasteiger charge is -2.27. The van der Waals surface area contributed by atoms with Gasteiger partial charge in [-0.05, 0) is 36.4 Å². The highest BCUT2D eigenvalue weighted by Crippen LogP contribution is 2.40. The van der Waals surface area contributed by atoms with Gasteiger partial charge < -0.3 is 24.1 Å². The van der Waals surface area contributed by atoms with Gasteiger partial charge in [-0.15, -0.1) is 0 Å². The highest BCUT2D eigenvalue weighted by atomic mass is 35.5. The minimum atomic E-state index is -4.85. The van der Waals surface area contributed by atoms with Gasteiger partial charge in [0.05, 0.1) is 12.1 Å². The molecule has 3 rings (SSSR count). The maximum absolute atomic E-state index is 13.1. The molecule has 1 atom stereocenters. The summed E-state index contributed by atoms with van der Waals surface area (Å²) in [5.74, 6) is 0.0864. The Kier molecular flexibility index (Phi) is 5.28. The Morgan fingerprint density at radius 2 is 1.86 bits per heavy atom. The molecule has 2 aromatic carbocycles. The molecule has 1 heterocycles. The summed E-state index contributed by atoms with van der Waals surface area (Å²) in [6.07, 6.45) is -8.32. The van der Waals surface area contributed by atoms with Gasteiger partial charge >= 0.3 is 12.3 Å². The minimum Gasteiger partial charge on any atom is -0.495 e. The zero-order valence-electron chi connectivity index (χ0n) is 14.1. The number of methoxy groups -OCH3 is 1. The molecule has 0 saturated carbocycles. The van der Waals surface area contributed by atoms with Crippen molar-refractivity contribution in [2.45, 2.75) is 12.3 Å². The molecule has 148 valence electrons. The summed E-state index contributed by atoms with van der Waals surface area (Å²) in [5.41, 5.74) is 0.161. The molecule has 1 N–H and O–H groups in total. The lowest BCUT2D eigenvalue weighted by atomic mass is 10.1. The number of hydrogen-bond donors (Lipinski definition) is 1. The summed E-state index contributed by atoms with van der Waals surface area (Å²) in [4.78, 5) is 10.7. The molecule has 0 radical (unpaired) electrons. The van der Waals surface area contributed by atoms with E-state index in [9.17, 15) is 18.0 Å². The molecule has 0 aromatic heterocycles. The quantitative estimate of drug-likeness (QED) is 0.663. The van der Waals surface area contributed by atoms with Gasteiger partial charge in [0.15, 0.2) is 5.76 Å². The van der Waals surface area contributed by atoms with Gasteiger partial charge in [0.1, 0.15) is 23.0 Å². The predicted molar refractivity (Wildman–Crippen MR) is 92.1 cm³/mol. The van der Waals surface area contributed by atoms with Crippen molar-refractivity contribution in [3.8, 4) is 23.0 Å². The highest BCUT2D eigenvalue weighted by molar-refractivity contribution is 6.32. The first-order valence-electron chi connectivity index (χ1n) is 7.68. The van der Waals surface area contributed by atoms with Crippen molar-refractivity contribution in [3.05, 3.63) is 52.7 Å². The average Bonchev–Trinajstić information content (AvgIpc) is 2.60. The summed E-state index contributed by atoms with van der Waals surface area (Å²) < 4.78 is 59.2. The number of alkyl halides is 3. The van der Waals surface area contributed by atoms with Crippen molar-refractivity contribution >= 4 is 23.8 Å². The second kappa shape index (κ2) is 7.51. The Hall–Kier alpha value is -3.07. The molecule has 10 heteroatoms. The fourth-order valence-corrected chi connectivity index (χ4v) is 2.73. The van der Waals surface area contributed by atoms with E-state index in [0.717, 1.165) is 6.08 Å². The van der Waals surface area contributed by atoms with Crippen LogP contribution in [0.3, 0.4) is 0 Å². The van der Waals surface area contributed by atoms with Crippen LogP contribution in [-0.4, -0.2) is 30.7 Å². The van der Waals surface area contributed by atoms with Crippen LogP contribution in [0.5, 0.6) is 23.0 Å². The van der Waals surface area contributed by atoms with E-state index in [1.165, 1.54) is 31.4 Å². The van der Waals surface area contributed by atoms with Gasteiger partial charge in [-0.25, -0.2) is 4.79 Å². The topological polar surface area (TPSA) is 74.2 Å². The number of rotatable bonds is 4. The van der Waals surface area contributed by atoms with Crippen molar-refractivity contribution in [3.63, 3.8) is 0 Å². The second-order valence-corrected chi connectivity index (χ2v) is 5.96. The Labute approximate surface area is 161 Å². The fourth-order valence-electron chi connectivity index (χ4n) is 2.48. The molecule has 0 fully saturated rings. The molecular formula is C18H12ClF3O6. The molecule has 28 heavy (non-hydrogen) atoms. The van der Waals surface area contributed by atoms with Crippen LogP contribution in [0.25, 0.3) is 6.08 Å². The largest absolute Gasteiger partial charge is 0.511 e. The zero-order chi connectivity index (χ0) is 20.5. The van der Waals surface area contributed by atoms with Crippen LogP contribution in [0.1, 0.15) is 5.56 Å². The molecule has 2 aromatic rings. The Morgan fingerprint density at radius 1 is 1.18 bits per heavy atom. The first kappa shape index (κ1) is 19.7. The van der Waals surface area contributed by atoms with E-state index >= 15 is 0 Å². The summed E-state index contributed by atoms with van der Waals surface area (Å²) >= 11 is 6.02. The molecule has 6 nitrogen and oxygen atoms in total. The molecule has 0 bridgehead atoms. The summed E-state index contributed by atoms with van der Waals surface area (Å²) in [6, 6.07) is 8.75. The Morgan fingerprint density at radius 3 is 2.46 bits per heavy atom. The van der Waals surface area contributed by atoms with Gasteiger partial charge in [-0.1, -0.05) is 11.6 Å². The smallest absolute Gasteiger partial charge is 0.495 e. The van der Waals surface area contributed by atoms with Crippen molar-refractivity contribution in [2.75, 3.05) is 7.11 Å². The summed E-state index contributed by atoms with van der Waals surface area (Å²) in [5, 5.41) is 8.99. The lowest BCUT2D eigenvalue weighted by molar-refractivity contribution is -0.191. The van der Waals surface area contributed by atoms with Gasteiger partial charge in [0.2, 0.25) is 0 Å². The van der Waals surface area contributed by atoms with Crippen LogP contribution in [0.4, 0.5) is 18.0 Å². The third kappa shape index (κ3) is 4.25. The van der Waals surface area contributed by atoms with E-state index in [0.29, 0.717) is 16.5 Å². The number of ether oxygens (including phenoxy) is 4. The zero-order valence-corrected chi connectivity index (χ0v) is 14.9. The first-order chi connectivity index (χ1) is 13.2. The number of carboxylic acid groups (broad SMARTS) is 1. The van der Waals surface area contributed by atoms with Crippen LogP contribution in [0.15, 0.2) is 42.2 Å². The molecule has 0 saturated heterocycles. The van der Waals surface area contributed by atoms with Crippen molar-refractivity contribution in [1.29, 1.82) is 0 Å². The van der Waals surface area contributed by atoms with Crippen LogP contribution in [0, 0.1) is 0 Å². The first-order valence-corrected chi connectivity index (χ1v) is 8.06. The third-order valence-corrected chi connectivity index (χ3v) is 3.94. The molecule has 0 amide bonds. The standard InChI is InChI=1S/C18H12ClF3O6/c1-25-14-5-3-11(8-12(14)19)26-10-2-4-13-9(6-10)7-15(28-17(23)24)16(27-13)18(20,21)22/h2-8,16H,1H3,(H,23,24). The normalized spacial score (nSPS) is 15.8. The van der Waals surface area contributed by atoms with E-state index in [-0.39, 0.29) is 17.1 Å². The molecule has 1 aliphatic heterocycles. The lowest BCUT2D eigenvalue weighted by Crippen LogP contribution is -2.39. The summed E-state index contributed by atoms with van der Waals surface area (Å²) in [7, 11) is 1.46. The average molecular weight is 417 g/mol. The second-order valence-electron chi connectivity index (χ2n) is 5.55. The van der Waals surface area contributed by atoms with Crippen molar-refractivity contribution in [2.24, 2.45) is 0 Å². The predicted octanol–water partition coefficient (Wildman–Crippen LogP) is 5.50. The van der Waals surface area contributed by atoms with Crippen LogP contribution in [0.2, 0.25) is 5.02 Å². The van der Waals surface area contributed by atoms with Gasteiger partial charge in [0.25, 0.3) is 6.10 Å². The number of carbonyl (C=O) groups is 1. The van der Waals surface area contributed by atoms with Crippen molar-refractivity contribution in [1.82, 2.24) is 0 Å². The van der Waals surface area contributed by atoms with Crippen LogP contribution < -0.4 is 14.2 Å². The van der Waals surface area contributed by atoms with Crippen LogP contribution in [-0.2, 0) is 4.74 Å². The molecule has 0 spiro atoms. The van der Waals surface area contributed by atoms with Gasteiger partial charge in [0, 0.05) is 11.6 Å². The summed E-state index contributed by atoms with van der Waals surface area (Å²) in [6.45, 7) is 0. The monoisotopic (exact) mass is 416 g/mol. The molecule has 1 aliphatic rings. The minimum absolute atomic E-state index is 0.0971. The Bertz CT molecular complexity index is 941. The molecular weight excluding hydrogens is 405 g/mol. The van der Waals surface area contributed by atoms with E-state index < -0.39 is 24.2 Å². The maximum Gasteiger partial charge on any atom is 0.511 e. The third-order valence-electron chi connectivity index (χ3n) is 3.64. The highest BCUT2D eigenvalue weighted by Gasteiger charge is 2.48. The van der Waals surface area contributed by atoms with Gasteiger partial charge in [-0.3, -0.25) is 0 Å². The van der Waals surface area contributed by atoms with E-state index in [2.05, 4.69) is 4.74 Å². The maximum atomic E-state index is 13.1.